The zero-order valence-electron chi connectivity index (χ0n) is 11.5. The van der Waals surface area contributed by atoms with Gasteiger partial charge in [-0.2, -0.15) is 0 Å². The summed E-state index contributed by atoms with van der Waals surface area (Å²) < 4.78 is 14.3. The molecular weight excluding hydrogens is 298 g/mol. The van der Waals surface area contributed by atoms with Gasteiger partial charge in [0, 0.05) is 18.7 Å². The third-order valence-corrected chi connectivity index (χ3v) is 2.79. The Kier molecular flexibility index (Phi) is 5.17. The molecule has 3 amide bonds. The van der Waals surface area contributed by atoms with Crippen LogP contribution in [0.1, 0.15) is 0 Å². The third kappa shape index (κ3) is 4.96. The van der Waals surface area contributed by atoms with E-state index in [9.17, 15) is 19.2 Å². The molecule has 0 bridgehead atoms. The number of amides is 3. The number of carbonyl (C=O) groups is 4. The van der Waals surface area contributed by atoms with Gasteiger partial charge in [-0.05, 0) is 0 Å². The van der Waals surface area contributed by atoms with Crippen LogP contribution in [0.25, 0.3) is 0 Å². The molecule has 2 fully saturated rings. The number of carbonyl (C=O) groups excluding carboxylic acids is 4. The van der Waals surface area contributed by atoms with E-state index < -0.39 is 24.1 Å². The average Bonchev–Trinajstić information content (AvgIpc) is 3.09. The van der Waals surface area contributed by atoms with E-state index >= 15 is 0 Å². The highest BCUT2D eigenvalue weighted by Gasteiger charge is 2.23. The van der Waals surface area contributed by atoms with Crippen molar-refractivity contribution in [2.24, 2.45) is 0 Å². The summed E-state index contributed by atoms with van der Waals surface area (Å²) in [6.45, 7) is 0.443. The van der Waals surface area contributed by atoms with E-state index in [-0.39, 0.29) is 31.9 Å². The van der Waals surface area contributed by atoms with E-state index in [1.165, 1.54) is 0 Å². The van der Waals surface area contributed by atoms with Crippen molar-refractivity contribution in [1.82, 2.24) is 16.0 Å². The number of rotatable bonds is 6. The number of nitrogens with one attached hydrogen (secondary N) is 3. The highest BCUT2D eigenvalue weighted by atomic mass is 16.6. The van der Waals surface area contributed by atoms with Crippen molar-refractivity contribution in [3.05, 3.63) is 12.2 Å². The van der Waals surface area contributed by atoms with Gasteiger partial charge in [-0.15, -0.1) is 0 Å². The molecule has 2 rings (SSSR count). The van der Waals surface area contributed by atoms with Crippen molar-refractivity contribution in [3.63, 3.8) is 0 Å². The van der Waals surface area contributed by atoms with Crippen LogP contribution in [0.4, 0.5) is 9.59 Å². The number of alkyl carbamates (subject to hydrolysis) is 1. The van der Waals surface area contributed by atoms with E-state index in [1.54, 1.807) is 0 Å². The van der Waals surface area contributed by atoms with Gasteiger partial charge >= 0.3 is 24.1 Å². The summed E-state index contributed by atoms with van der Waals surface area (Å²) >= 11 is 0. The lowest BCUT2D eigenvalue weighted by molar-refractivity contribution is -0.141. The Morgan fingerprint density at radius 1 is 1.09 bits per heavy atom. The summed E-state index contributed by atoms with van der Waals surface area (Å²) in [6.07, 6.45) is 1.29. The molecule has 0 saturated carbocycles. The van der Waals surface area contributed by atoms with Crippen molar-refractivity contribution < 1.29 is 33.4 Å². The fourth-order valence-corrected chi connectivity index (χ4v) is 1.72. The summed E-state index contributed by atoms with van der Waals surface area (Å²) in [5.74, 6) is -1.47. The monoisotopic (exact) mass is 313 g/mol. The molecule has 3 N–H and O–H groups in total. The van der Waals surface area contributed by atoms with Gasteiger partial charge in [0.05, 0.1) is 6.04 Å². The molecule has 2 heterocycles. The molecule has 0 radical (unpaired) electrons. The van der Waals surface area contributed by atoms with Crippen LogP contribution in [0, 0.1) is 0 Å². The number of ether oxygens (including phenoxy) is 3. The van der Waals surface area contributed by atoms with Crippen molar-refractivity contribution in [2.75, 3.05) is 26.4 Å². The van der Waals surface area contributed by atoms with Gasteiger partial charge < -0.3 is 30.2 Å². The topological polar surface area (TPSA) is 132 Å². The summed E-state index contributed by atoms with van der Waals surface area (Å²) in [5.41, 5.74) is 0. The Morgan fingerprint density at radius 2 is 1.73 bits per heavy atom. The molecule has 2 unspecified atom stereocenters. The summed E-state index contributed by atoms with van der Waals surface area (Å²) in [4.78, 5) is 44.3. The zero-order valence-corrected chi connectivity index (χ0v) is 11.5. The molecule has 2 atom stereocenters. The van der Waals surface area contributed by atoms with Gasteiger partial charge in [-0.3, -0.25) is 0 Å². The van der Waals surface area contributed by atoms with Crippen LogP contribution in [-0.4, -0.2) is 62.5 Å². The number of cyclic esters (lactones) is 1. The van der Waals surface area contributed by atoms with Gasteiger partial charge in [0.1, 0.15) is 25.9 Å². The molecule has 22 heavy (non-hydrogen) atoms. The maximum atomic E-state index is 11.4. The zero-order chi connectivity index (χ0) is 15.9. The van der Waals surface area contributed by atoms with Crippen LogP contribution in [0.2, 0.25) is 0 Å². The molecule has 0 aromatic heterocycles. The van der Waals surface area contributed by atoms with Gasteiger partial charge in [0.2, 0.25) is 0 Å². The molecule has 2 aliphatic rings. The Bertz CT molecular complexity index is 461. The minimum atomic E-state index is -0.742. The highest BCUT2D eigenvalue weighted by Crippen LogP contribution is 1.99. The van der Waals surface area contributed by atoms with E-state index in [2.05, 4.69) is 20.7 Å². The Labute approximate surface area is 125 Å². The summed E-state index contributed by atoms with van der Waals surface area (Å²) in [5, 5.41) is 7.49. The van der Waals surface area contributed by atoms with Crippen molar-refractivity contribution in [1.29, 1.82) is 0 Å². The van der Waals surface area contributed by atoms with Crippen molar-refractivity contribution >= 4 is 24.1 Å². The molecule has 2 aliphatic heterocycles. The second-order valence-electron chi connectivity index (χ2n) is 4.58. The number of esters is 2. The molecular formula is C12H15N3O7. The smallest absolute Gasteiger partial charge is 0.407 e. The highest BCUT2D eigenvalue weighted by molar-refractivity contribution is 5.91. The first kappa shape index (κ1) is 15.6. The van der Waals surface area contributed by atoms with Gasteiger partial charge in [0.15, 0.2) is 0 Å². The maximum Gasteiger partial charge on any atom is 0.407 e. The molecule has 0 aliphatic carbocycles. The van der Waals surface area contributed by atoms with Crippen LogP contribution in [0.5, 0.6) is 0 Å². The van der Waals surface area contributed by atoms with Crippen LogP contribution in [0.15, 0.2) is 12.2 Å². The number of urea groups is 1. The first-order chi connectivity index (χ1) is 10.5. The predicted molar refractivity (Wildman–Crippen MR) is 69.7 cm³/mol. The second kappa shape index (κ2) is 7.29. The minimum absolute atomic E-state index is 0.00239. The normalized spacial score (nSPS) is 23.5. The van der Waals surface area contributed by atoms with Crippen LogP contribution < -0.4 is 16.0 Å². The molecule has 2 saturated heterocycles. The van der Waals surface area contributed by atoms with E-state index in [4.69, 9.17) is 9.47 Å². The first-order valence-electron chi connectivity index (χ1n) is 6.52. The third-order valence-electron chi connectivity index (χ3n) is 2.79. The minimum Gasteiger partial charge on any atom is -0.460 e. The Balaban J connectivity index is 1.60. The van der Waals surface area contributed by atoms with Gasteiger partial charge in [-0.25, -0.2) is 19.2 Å². The first-order valence-corrected chi connectivity index (χ1v) is 6.52. The largest absolute Gasteiger partial charge is 0.460 e. The lowest BCUT2D eigenvalue weighted by Gasteiger charge is -2.08. The van der Waals surface area contributed by atoms with Gasteiger partial charge in [-0.1, -0.05) is 0 Å². The van der Waals surface area contributed by atoms with Crippen molar-refractivity contribution in [3.8, 4) is 0 Å². The summed E-state index contributed by atoms with van der Waals surface area (Å²) in [6, 6.07) is -0.999. The predicted octanol–water partition coefficient (Wildman–Crippen LogP) is -1.58. The van der Waals surface area contributed by atoms with E-state index in [0.717, 1.165) is 12.2 Å². The quantitative estimate of drug-likeness (QED) is 0.306. The SMILES string of the molecule is O=C1NCC(COC(=O)/C=C/C(=O)OCC2COC(=O)N2)N1. The van der Waals surface area contributed by atoms with Crippen molar-refractivity contribution in [2.45, 2.75) is 12.1 Å². The fraction of sp³-hybridized carbons (Fsp3) is 0.500. The van der Waals surface area contributed by atoms with Crippen LogP contribution >= 0.6 is 0 Å². The molecule has 0 aromatic carbocycles. The maximum absolute atomic E-state index is 11.4. The lowest BCUT2D eigenvalue weighted by atomic mass is 10.3. The average molecular weight is 313 g/mol. The van der Waals surface area contributed by atoms with E-state index in [1.807, 2.05) is 0 Å². The molecule has 120 valence electrons. The Morgan fingerprint density at radius 3 is 2.23 bits per heavy atom. The molecule has 10 heteroatoms. The lowest BCUT2D eigenvalue weighted by Crippen LogP contribution is -2.32. The van der Waals surface area contributed by atoms with Crippen LogP contribution in [0.3, 0.4) is 0 Å². The number of hydrogen-bond acceptors (Lipinski definition) is 7. The van der Waals surface area contributed by atoms with Crippen LogP contribution in [-0.2, 0) is 23.8 Å². The fourth-order valence-electron chi connectivity index (χ4n) is 1.72. The molecule has 10 nitrogen and oxygen atoms in total. The molecule has 0 spiro atoms. The second-order valence-corrected chi connectivity index (χ2v) is 4.58. The molecule has 0 aromatic rings. The van der Waals surface area contributed by atoms with Gasteiger partial charge in [0.25, 0.3) is 0 Å². The summed E-state index contributed by atoms with van der Waals surface area (Å²) in [7, 11) is 0. The van der Waals surface area contributed by atoms with E-state index in [0.29, 0.717) is 6.54 Å². The standard InChI is InChI=1S/C12H15N3O7/c16-9(20-4-7-3-13-11(18)14-7)1-2-10(17)21-5-8-6-22-12(19)15-8/h1-2,7-8H,3-6H2,(H,15,19)(H2,13,14,18)/b2-1+. The Hall–Kier alpha value is -2.78. The number of hydrogen-bond donors (Lipinski definition) is 3.